The molecule has 0 bridgehead atoms. The molecule has 4 heteroatoms. The van der Waals surface area contributed by atoms with Crippen LogP contribution < -0.4 is 9.80 Å². The van der Waals surface area contributed by atoms with Crippen molar-refractivity contribution in [2.75, 3.05) is 9.80 Å². The van der Waals surface area contributed by atoms with Crippen LogP contribution in [-0.4, -0.2) is 0 Å². The second-order valence-corrected chi connectivity index (χ2v) is 16.8. The van der Waals surface area contributed by atoms with Crippen LogP contribution in [0, 0.1) is 0 Å². The summed E-state index contributed by atoms with van der Waals surface area (Å²) in [7, 11) is 0. The minimum absolute atomic E-state index is 0.570. The first kappa shape index (κ1) is 37.0. The molecule has 0 saturated heterocycles. The van der Waals surface area contributed by atoms with E-state index in [0.29, 0.717) is 0 Å². The van der Waals surface area contributed by atoms with Crippen molar-refractivity contribution >= 4 is 78.0 Å². The van der Waals surface area contributed by atoms with E-state index in [2.05, 4.69) is 246 Å². The van der Waals surface area contributed by atoms with Crippen LogP contribution in [-0.2, 0) is 5.41 Å². The summed E-state index contributed by atoms with van der Waals surface area (Å²) in [5, 5.41) is 4.21. The van der Waals surface area contributed by atoms with Crippen LogP contribution in [0.25, 0.3) is 55.0 Å². The molecule has 0 radical (unpaired) electrons. The molecular formula is C61H40N2O2. The van der Waals surface area contributed by atoms with E-state index in [1.807, 2.05) is 6.07 Å². The van der Waals surface area contributed by atoms with Crippen molar-refractivity contribution in [1.29, 1.82) is 0 Å². The van der Waals surface area contributed by atoms with Gasteiger partial charge in [-0.15, -0.1) is 0 Å². The first-order chi connectivity index (χ1) is 32.3. The lowest BCUT2D eigenvalue weighted by atomic mass is 9.67. The Morgan fingerprint density at radius 3 is 1.55 bits per heavy atom. The molecule has 4 nitrogen and oxygen atoms in total. The van der Waals surface area contributed by atoms with E-state index in [0.717, 1.165) is 78.0 Å². The second kappa shape index (κ2) is 14.8. The number of furan rings is 2. The lowest BCUT2D eigenvalue weighted by Crippen LogP contribution is -2.28. The molecule has 0 unspecified atom stereocenters. The van der Waals surface area contributed by atoms with Gasteiger partial charge in [-0.3, -0.25) is 0 Å². The number of para-hydroxylation sites is 4. The molecule has 0 atom stereocenters. The van der Waals surface area contributed by atoms with Gasteiger partial charge in [0.2, 0.25) is 0 Å². The Labute approximate surface area is 376 Å². The summed E-state index contributed by atoms with van der Waals surface area (Å²) in [5.74, 6) is 0. The Hall–Kier alpha value is -8.60. The summed E-state index contributed by atoms with van der Waals surface area (Å²) < 4.78 is 13.6. The predicted octanol–water partition coefficient (Wildman–Crippen LogP) is 16.8. The zero-order valence-corrected chi connectivity index (χ0v) is 35.3. The highest BCUT2D eigenvalue weighted by Gasteiger charge is 2.46. The van der Waals surface area contributed by atoms with Gasteiger partial charge in [0, 0.05) is 38.9 Å². The Bertz CT molecular complexity index is 3650. The topological polar surface area (TPSA) is 32.8 Å². The third kappa shape index (κ3) is 5.64. The summed E-state index contributed by atoms with van der Waals surface area (Å²) in [6, 6.07) is 86.8. The molecule has 0 spiro atoms. The van der Waals surface area contributed by atoms with Crippen LogP contribution in [0.2, 0.25) is 0 Å². The molecular weight excluding hydrogens is 793 g/mol. The fourth-order valence-corrected chi connectivity index (χ4v) is 10.6. The van der Waals surface area contributed by atoms with Gasteiger partial charge in [-0.1, -0.05) is 164 Å². The van der Waals surface area contributed by atoms with Crippen molar-refractivity contribution in [2.45, 2.75) is 5.41 Å². The quantitative estimate of drug-likeness (QED) is 0.153. The van der Waals surface area contributed by atoms with E-state index >= 15 is 0 Å². The largest absolute Gasteiger partial charge is 0.456 e. The molecule has 0 aliphatic heterocycles. The maximum absolute atomic E-state index is 6.84. The predicted molar refractivity (Wildman–Crippen MR) is 268 cm³/mol. The van der Waals surface area contributed by atoms with Gasteiger partial charge in [-0.05, 0) is 112 Å². The number of nitrogens with zero attached hydrogens (tertiary/aromatic N) is 2. The molecule has 0 amide bonds. The van der Waals surface area contributed by atoms with Gasteiger partial charge >= 0.3 is 0 Å². The minimum atomic E-state index is -0.570. The van der Waals surface area contributed by atoms with Gasteiger partial charge in [0.25, 0.3) is 0 Å². The molecule has 306 valence electrons. The number of fused-ring (bicyclic) bond motifs is 9. The number of hydrogen-bond acceptors (Lipinski definition) is 4. The number of rotatable bonds is 8. The Balaban J connectivity index is 1.08. The van der Waals surface area contributed by atoms with Gasteiger partial charge in [0.05, 0.1) is 22.2 Å². The first-order valence-electron chi connectivity index (χ1n) is 22.2. The van der Waals surface area contributed by atoms with Gasteiger partial charge in [-0.25, -0.2) is 0 Å². The first-order valence-corrected chi connectivity index (χ1v) is 22.2. The van der Waals surface area contributed by atoms with Gasteiger partial charge < -0.3 is 18.6 Å². The average molecular weight is 833 g/mol. The van der Waals surface area contributed by atoms with Crippen LogP contribution in [0.15, 0.2) is 251 Å². The average Bonchev–Trinajstić information content (AvgIpc) is 4.04. The summed E-state index contributed by atoms with van der Waals surface area (Å²) in [6.45, 7) is 0. The summed E-state index contributed by atoms with van der Waals surface area (Å²) in [5.41, 5.74) is 16.3. The van der Waals surface area contributed by atoms with Gasteiger partial charge in [0.1, 0.15) is 16.7 Å². The van der Waals surface area contributed by atoms with Crippen molar-refractivity contribution in [3.8, 4) is 11.1 Å². The molecule has 0 fully saturated rings. The standard InChI is InChI=1S/C61H40N2O2/c1-4-19-41(20-5-1)61(52-31-13-10-27-47(52)48-28-11-14-32-53(48)61)42-21-16-26-45(39-42)63(55-34-17-30-50-49-29-12-15-35-56(49)65-60(50)55)46-37-38-57-51(40-46)59-54(33-18-36-58(59)64-57)62(43-22-6-2-7-23-43)44-24-8-3-9-25-44/h1-40H. The second-order valence-electron chi connectivity index (χ2n) is 16.8. The highest BCUT2D eigenvalue weighted by molar-refractivity contribution is 6.15. The molecule has 1 aliphatic carbocycles. The van der Waals surface area contributed by atoms with Crippen LogP contribution in [0.5, 0.6) is 0 Å². The lowest BCUT2D eigenvalue weighted by molar-refractivity contribution is 0.669. The number of benzene rings is 10. The van der Waals surface area contributed by atoms with Crippen molar-refractivity contribution in [3.63, 3.8) is 0 Å². The smallest absolute Gasteiger partial charge is 0.159 e. The Kier molecular flexibility index (Phi) is 8.40. The Morgan fingerprint density at radius 1 is 0.308 bits per heavy atom. The third-order valence-electron chi connectivity index (χ3n) is 13.3. The third-order valence-corrected chi connectivity index (χ3v) is 13.3. The Morgan fingerprint density at radius 2 is 0.815 bits per heavy atom. The highest BCUT2D eigenvalue weighted by atomic mass is 16.3. The molecule has 65 heavy (non-hydrogen) atoms. The van der Waals surface area contributed by atoms with E-state index in [1.165, 1.54) is 33.4 Å². The summed E-state index contributed by atoms with van der Waals surface area (Å²) >= 11 is 0. The van der Waals surface area contributed by atoms with Crippen LogP contribution in [0.4, 0.5) is 34.1 Å². The fraction of sp³-hybridized carbons (Fsp3) is 0.0164. The maximum atomic E-state index is 6.84. The SMILES string of the molecule is c1ccc(N(c2ccccc2)c2cccc3oc4ccc(N(c5cccc(C6(c7ccccc7)c7ccccc7-c7ccccc76)c5)c5cccc6c5oc5ccccc56)cc4c23)cc1. The molecule has 13 rings (SSSR count). The fourth-order valence-electron chi connectivity index (χ4n) is 10.6. The van der Waals surface area contributed by atoms with Crippen LogP contribution in [0.3, 0.4) is 0 Å². The van der Waals surface area contributed by atoms with Crippen molar-refractivity contribution in [3.05, 3.63) is 265 Å². The number of hydrogen-bond donors (Lipinski definition) is 0. The van der Waals surface area contributed by atoms with Crippen molar-refractivity contribution in [1.82, 2.24) is 0 Å². The maximum Gasteiger partial charge on any atom is 0.159 e. The summed E-state index contributed by atoms with van der Waals surface area (Å²) in [6.07, 6.45) is 0. The molecule has 2 heterocycles. The molecule has 2 aromatic heterocycles. The van der Waals surface area contributed by atoms with Crippen LogP contribution in [0.1, 0.15) is 22.3 Å². The van der Waals surface area contributed by atoms with E-state index in [9.17, 15) is 0 Å². The van der Waals surface area contributed by atoms with Gasteiger partial charge in [0.15, 0.2) is 5.58 Å². The zero-order chi connectivity index (χ0) is 42.9. The zero-order valence-electron chi connectivity index (χ0n) is 35.3. The highest BCUT2D eigenvalue weighted by Crippen LogP contribution is 2.57. The molecule has 12 aromatic rings. The summed E-state index contributed by atoms with van der Waals surface area (Å²) in [4.78, 5) is 4.69. The minimum Gasteiger partial charge on any atom is -0.456 e. The van der Waals surface area contributed by atoms with Crippen molar-refractivity contribution < 1.29 is 8.83 Å². The van der Waals surface area contributed by atoms with Gasteiger partial charge in [-0.2, -0.15) is 0 Å². The van der Waals surface area contributed by atoms with E-state index in [1.54, 1.807) is 0 Å². The van der Waals surface area contributed by atoms with E-state index in [4.69, 9.17) is 8.83 Å². The monoisotopic (exact) mass is 832 g/mol. The van der Waals surface area contributed by atoms with E-state index < -0.39 is 5.41 Å². The van der Waals surface area contributed by atoms with E-state index in [-0.39, 0.29) is 0 Å². The molecule has 10 aromatic carbocycles. The molecule has 0 saturated carbocycles. The lowest BCUT2D eigenvalue weighted by Gasteiger charge is -2.35. The van der Waals surface area contributed by atoms with Crippen LogP contribution >= 0.6 is 0 Å². The van der Waals surface area contributed by atoms with Crippen molar-refractivity contribution in [2.24, 2.45) is 0 Å². The number of anilines is 6. The normalized spacial score (nSPS) is 12.7. The molecule has 0 N–H and O–H groups in total. The molecule has 1 aliphatic rings.